The van der Waals surface area contributed by atoms with Gasteiger partial charge in [0.1, 0.15) is 6.54 Å². The molecule has 1 amide bonds. The van der Waals surface area contributed by atoms with Crippen molar-refractivity contribution >= 4 is 5.91 Å². The largest absolute Gasteiger partial charge is 0.376 e. The van der Waals surface area contributed by atoms with Gasteiger partial charge in [-0.05, 0) is 32.4 Å². The number of carbonyl (C=O) groups is 1. The minimum atomic E-state index is -0.00857. The molecule has 0 spiro atoms. The van der Waals surface area contributed by atoms with Gasteiger partial charge in [0.15, 0.2) is 0 Å². The lowest BCUT2D eigenvalue weighted by atomic mass is 9.70. The van der Waals surface area contributed by atoms with E-state index in [1.54, 1.807) is 12.4 Å². The molecule has 1 aromatic rings. The summed E-state index contributed by atoms with van der Waals surface area (Å²) in [6, 6.07) is 0.577. The molecule has 0 bridgehead atoms. The highest BCUT2D eigenvalue weighted by atomic mass is 16.5. The van der Waals surface area contributed by atoms with E-state index in [0.29, 0.717) is 18.1 Å². The van der Waals surface area contributed by atoms with Gasteiger partial charge in [-0.3, -0.25) is 9.69 Å². The third-order valence-corrected chi connectivity index (χ3v) is 4.99. The number of hydrogen-bond donors (Lipinski definition) is 1. The smallest absolute Gasteiger partial charge is 0.243 e. The lowest BCUT2D eigenvalue weighted by Crippen LogP contribution is -2.70. The van der Waals surface area contributed by atoms with Gasteiger partial charge in [-0.25, -0.2) is 0 Å². The van der Waals surface area contributed by atoms with E-state index in [4.69, 9.17) is 4.74 Å². The molecule has 1 aromatic heterocycles. The highest BCUT2D eigenvalue weighted by molar-refractivity contribution is 5.76. The maximum absolute atomic E-state index is 12.2. The second-order valence-corrected chi connectivity index (χ2v) is 6.17. The maximum Gasteiger partial charge on any atom is 0.243 e. The van der Waals surface area contributed by atoms with Crippen LogP contribution in [0.3, 0.4) is 0 Å². The first-order valence-electron chi connectivity index (χ1n) is 7.82. The number of nitrogens with one attached hydrogen (secondary N) is 1. The van der Waals surface area contributed by atoms with E-state index in [1.807, 2.05) is 0 Å². The van der Waals surface area contributed by atoms with Gasteiger partial charge in [0, 0.05) is 12.5 Å². The Bertz CT molecular complexity index is 495. The molecule has 2 saturated heterocycles. The van der Waals surface area contributed by atoms with Gasteiger partial charge in [0.05, 0.1) is 30.6 Å². The van der Waals surface area contributed by atoms with Crippen LogP contribution in [0.25, 0.3) is 0 Å². The maximum atomic E-state index is 12.2. The molecular formula is C14H21N5O2. The predicted octanol–water partition coefficient (Wildman–Crippen LogP) is -0.354. The quantitative estimate of drug-likeness (QED) is 0.820. The standard InChI is InChI=1S/C14H21N5O2/c20-11(9-19-15-4-5-16-19)17-12-10-3-8-21-14(10)13(12)18-6-1-2-7-18/h4-5,10,12-14H,1-3,6-9H2,(H,17,20)/t10-,12+,13-,14-/m1/s1. The molecule has 7 heteroatoms. The molecule has 1 aliphatic carbocycles. The van der Waals surface area contributed by atoms with Crippen molar-refractivity contribution in [2.75, 3.05) is 19.7 Å². The van der Waals surface area contributed by atoms with Gasteiger partial charge in [0.25, 0.3) is 0 Å². The Labute approximate surface area is 123 Å². The van der Waals surface area contributed by atoms with Crippen LogP contribution in [-0.2, 0) is 16.1 Å². The third-order valence-electron chi connectivity index (χ3n) is 4.99. The van der Waals surface area contributed by atoms with Gasteiger partial charge >= 0.3 is 0 Å². The summed E-state index contributed by atoms with van der Waals surface area (Å²) in [6.45, 7) is 3.27. The van der Waals surface area contributed by atoms with E-state index in [0.717, 1.165) is 26.1 Å². The first-order valence-corrected chi connectivity index (χ1v) is 7.82. The Kier molecular flexibility index (Phi) is 3.39. The molecule has 2 aliphatic heterocycles. The molecule has 114 valence electrons. The zero-order chi connectivity index (χ0) is 14.2. The number of aromatic nitrogens is 3. The molecule has 4 rings (SSSR count). The summed E-state index contributed by atoms with van der Waals surface area (Å²) in [7, 11) is 0. The van der Waals surface area contributed by atoms with Crippen LogP contribution in [0, 0.1) is 5.92 Å². The number of likely N-dealkylation sites (tertiary alicyclic amines) is 1. The number of hydrogen-bond acceptors (Lipinski definition) is 5. The molecule has 3 aliphatic rings. The number of rotatable bonds is 4. The molecule has 21 heavy (non-hydrogen) atoms. The Hall–Kier alpha value is -1.47. The topological polar surface area (TPSA) is 72.3 Å². The number of amides is 1. The summed E-state index contributed by atoms with van der Waals surface area (Å²) in [5.41, 5.74) is 0. The van der Waals surface area contributed by atoms with Crippen molar-refractivity contribution in [1.29, 1.82) is 0 Å². The van der Waals surface area contributed by atoms with Crippen LogP contribution in [0.1, 0.15) is 19.3 Å². The molecule has 1 N–H and O–H groups in total. The minimum Gasteiger partial charge on any atom is -0.376 e. The highest BCUT2D eigenvalue weighted by Gasteiger charge is 2.56. The summed E-state index contributed by atoms with van der Waals surface area (Å²) < 4.78 is 5.87. The van der Waals surface area contributed by atoms with Crippen molar-refractivity contribution in [2.24, 2.45) is 5.92 Å². The summed E-state index contributed by atoms with van der Waals surface area (Å²) >= 11 is 0. The zero-order valence-corrected chi connectivity index (χ0v) is 12.0. The van der Waals surface area contributed by atoms with E-state index in [-0.39, 0.29) is 18.5 Å². The van der Waals surface area contributed by atoms with E-state index < -0.39 is 0 Å². The van der Waals surface area contributed by atoms with E-state index in [9.17, 15) is 4.79 Å². The van der Waals surface area contributed by atoms with Crippen LogP contribution in [-0.4, -0.2) is 63.7 Å². The van der Waals surface area contributed by atoms with Crippen molar-refractivity contribution in [3.05, 3.63) is 12.4 Å². The van der Waals surface area contributed by atoms with Gasteiger partial charge < -0.3 is 10.1 Å². The van der Waals surface area contributed by atoms with Crippen LogP contribution in [0.4, 0.5) is 0 Å². The van der Waals surface area contributed by atoms with Crippen LogP contribution < -0.4 is 5.32 Å². The Morgan fingerprint density at radius 2 is 2.05 bits per heavy atom. The average Bonchev–Trinajstić information content (AvgIpc) is 3.18. The average molecular weight is 291 g/mol. The van der Waals surface area contributed by atoms with Gasteiger partial charge in [0.2, 0.25) is 5.91 Å². The second kappa shape index (κ2) is 5.38. The monoisotopic (exact) mass is 291 g/mol. The Morgan fingerprint density at radius 3 is 2.81 bits per heavy atom. The zero-order valence-electron chi connectivity index (χ0n) is 12.0. The molecule has 4 atom stereocenters. The molecule has 0 aromatic carbocycles. The number of carbonyl (C=O) groups excluding carboxylic acids is 1. The van der Waals surface area contributed by atoms with Crippen molar-refractivity contribution < 1.29 is 9.53 Å². The van der Waals surface area contributed by atoms with Crippen LogP contribution in [0.15, 0.2) is 12.4 Å². The normalized spacial score (nSPS) is 35.4. The van der Waals surface area contributed by atoms with Gasteiger partial charge in [-0.1, -0.05) is 0 Å². The molecule has 3 fully saturated rings. The number of fused-ring (bicyclic) bond motifs is 1. The first kappa shape index (κ1) is 13.2. The summed E-state index contributed by atoms with van der Waals surface area (Å²) in [6.07, 6.45) is 7.06. The van der Waals surface area contributed by atoms with Crippen molar-refractivity contribution in [3.63, 3.8) is 0 Å². The first-order chi connectivity index (χ1) is 10.3. The molecule has 3 heterocycles. The fourth-order valence-corrected chi connectivity index (χ4v) is 4.03. The third kappa shape index (κ3) is 2.34. The van der Waals surface area contributed by atoms with Gasteiger partial charge in [-0.15, -0.1) is 0 Å². The van der Waals surface area contributed by atoms with Crippen molar-refractivity contribution in [1.82, 2.24) is 25.2 Å². The summed E-state index contributed by atoms with van der Waals surface area (Å²) in [4.78, 5) is 16.1. The van der Waals surface area contributed by atoms with Crippen molar-refractivity contribution in [2.45, 2.75) is 44.0 Å². The lowest BCUT2D eigenvalue weighted by molar-refractivity contribution is -0.129. The van der Waals surface area contributed by atoms with E-state index in [1.165, 1.54) is 17.6 Å². The fourth-order valence-electron chi connectivity index (χ4n) is 4.03. The second-order valence-electron chi connectivity index (χ2n) is 6.17. The van der Waals surface area contributed by atoms with E-state index in [2.05, 4.69) is 20.4 Å². The summed E-state index contributed by atoms with van der Waals surface area (Å²) in [5.74, 6) is 0.468. The Balaban J connectivity index is 1.41. The fraction of sp³-hybridized carbons (Fsp3) is 0.786. The van der Waals surface area contributed by atoms with E-state index >= 15 is 0 Å². The van der Waals surface area contributed by atoms with Crippen LogP contribution in [0.2, 0.25) is 0 Å². The minimum absolute atomic E-state index is 0.00857. The molecule has 1 saturated carbocycles. The van der Waals surface area contributed by atoms with Crippen molar-refractivity contribution in [3.8, 4) is 0 Å². The predicted molar refractivity (Wildman–Crippen MR) is 74.4 cm³/mol. The molecule has 0 unspecified atom stereocenters. The highest BCUT2D eigenvalue weighted by Crippen LogP contribution is 2.42. The van der Waals surface area contributed by atoms with Gasteiger partial charge in [-0.2, -0.15) is 15.0 Å². The molecule has 7 nitrogen and oxygen atoms in total. The number of nitrogens with zero attached hydrogens (tertiary/aromatic N) is 4. The molecular weight excluding hydrogens is 270 g/mol. The number of ether oxygens (including phenoxy) is 1. The SMILES string of the molecule is O=C(Cn1nccn1)N[C@H]1[C@H]2CCO[C@H]2[C@@H]1N1CCCC1. The molecule has 0 radical (unpaired) electrons. The van der Waals surface area contributed by atoms with Crippen LogP contribution in [0.5, 0.6) is 0 Å². The summed E-state index contributed by atoms with van der Waals surface area (Å²) in [5, 5.41) is 11.2. The lowest BCUT2D eigenvalue weighted by Gasteiger charge is -2.51. The Morgan fingerprint density at radius 1 is 1.29 bits per heavy atom. The van der Waals surface area contributed by atoms with Crippen LogP contribution >= 0.6 is 0 Å².